The highest BCUT2D eigenvalue weighted by atomic mass is 79.9. The Morgan fingerprint density at radius 2 is 1.53 bits per heavy atom. The number of hydrogen-bond acceptors (Lipinski definition) is 3. The van der Waals surface area contributed by atoms with Crippen LogP contribution in [0.4, 0.5) is 0 Å². The molecule has 3 nitrogen and oxygen atoms in total. The number of ether oxygens (including phenoxy) is 2. The highest BCUT2D eigenvalue weighted by molar-refractivity contribution is 9.10. The van der Waals surface area contributed by atoms with Gasteiger partial charge in [0, 0.05) is 4.47 Å². The Labute approximate surface area is 196 Å². The van der Waals surface area contributed by atoms with Gasteiger partial charge in [-0.1, -0.05) is 64.0 Å². The molecule has 0 saturated heterocycles. The lowest BCUT2D eigenvalue weighted by Crippen LogP contribution is -2.09. The fourth-order valence-electron chi connectivity index (χ4n) is 3.36. The topological polar surface area (TPSA) is 35.5 Å². The van der Waals surface area contributed by atoms with Crippen LogP contribution in [0, 0.1) is 13.8 Å². The highest BCUT2D eigenvalue weighted by Crippen LogP contribution is 2.27. The van der Waals surface area contributed by atoms with Crippen molar-refractivity contribution in [2.24, 2.45) is 0 Å². The summed E-state index contributed by atoms with van der Waals surface area (Å²) in [5.41, 5.74) is 5.84. The van der Waals surface area contributed by atoms with Crippen molar-refractivity contribution in [2.75, 3.05) is 0 Å². The smallest absolute Gasteiger partial charge is 0.343 e. The molecule has 32 heavy (non-hydrogen) atoms. The molecule has 0 fully saturated rings. The fraction of sp³-hybridized carbons (Fsp3) is 0.107. The van der Waals surface area contributed by atoms with Crippen LogP contribution in [0.15, 0.2) is 95.5 Å². The van der Waals surface area contributed by atoms with E-state index in [1.54, 1.807) is 12.1 Å². The van der Waals surface area contributed by atoms with Gasteiger partial charge in [0.2, 0.25) is 0 Å². The number of esters is 1. The Kier molecular flexibility index (Phi) is 6.72. The largest absolute Gasteiger partial charge is 0.489 e. The Morgan fingerprint density at radius 3 is 2.22 bits per heavy atom. The molecular weight excluding hydrogens is 464 g/mol. The van der Waals surface area contributed by atoms with Crippen molar-refractivity contribution in [2.45, 2.75) is 20.5 Å². The molecule has 0 aliphatic heterocycles. The fourth-order valence-corrected chi connectivity index (χ4v) is 3.63. The molecule has 0 radical (unpaired) electrons. The zero-order chi connectivity index (χ0) is 22.5. The van der Waals surface area contributed by atoms with Gasteiger partial charge in [-0.05, 0) is 84.6 Å². The van der Waals surface area contributed by atoms with Crippen LogP contribution in [-0.4, -0.2) is 5.97 Å². The summed E-state index contributed by atoms with van der Waals surface area (Å²) in [5, 5.41) is 0. The maximum Gasteiger partial charge on any atom is 0.343 e. The summed E-state index contributed by atoms with van der Waals surface area (Å²) < 4.78 is 12.4. The van der Waals surface area contributed by atoms with Gasteiger partial charge in [0.25, 0.3) is 0 Å². The van der Waals surface area contributed by atoms with Crippen molar-refractivity contribution in [1.29, 1.82) is 0 Å². The highest BCUT2D eigenvalue weighted by Gasteiger charge is 2.11. The first-order valence-electron chi connectivity index (χ1n) is 10.3. The lowest BCUT2D eigenvalue weighted by molar-refractivity contribution is 0.0733. The third-order valence-electron chi connectivity index (χ3n) is 5.14. The van der Waals surface area contributed by atoms with Crippen LogP contribution in [0.1, 0.15) is 27.0 Å². The van der Waals surface area contributed by atoms with E-state index in [1.165, 1.54) is 5.56 Å². The van der Waals surface area contributed by atoms with E-state index in [2.05, 4.69) is 41.1 Å². The number of aryl methyl sites for hydroxylation is 2. The van der Waals surface area contributed by atoms with Crippen LogP contribution in [0.3, 0.4) is 0 Å². The second-order valence-electron chi connectivity index (χ2n) is 7.68. The molecule has 0 aromatic heterocycles. The van der Waals surface area contributed by atoms with Gasteiger partial charge in [-0.2, -0.15) is 0 Å². The van der Waals surface area contributed by atoms with Gasteiger partial charge in [-0.15, -0.1) is 0 Å². The molecule has 0 aliphatic carbocycles. The minimum Gasteiger partial charge on any atom is -0.489 e. The summed E-state index contributed by atoms with van der Waals surface area (Å²) in [5.74, 6) is 0.979. The van der Waals surface area contributed by atoms with Gasteiger partial charge in [-0.3, -0.25) is 0 Å². The van der Waals surface area contributed by atoms with Crippen molar-refractivity contribution in [3.8, 4) is 22.6 Å². The first-order chi connectivity index (χ1) is 15.5. The summed E-state index contributed by atoms with van der Waals surface area (Å²) in [6, 6.07) is 29.2. The van der Waals surface area contributed by atoms with Crippen molar-refractivity contribution in [3.05, 3.63) is 118 Å². The summed E-state index contributed by atoms with van der Waals surface area (Å²) >= 11 is 3.41. The van der Waals surface area contributed by atoms with Gasteiger partial charge in [-0.25, -0.2) is 4.79 Å². The molecule has 4 rings (SSSR count). The van der Waals surface area contributed by atoms with Crippen LogP contribution in [0.2, 0.25) is 0 Å². The maximum atomic E-state index is 12.6. The average molecular weight is 487 g/mol. The molecule has 4 aromatic carbocycles. The van der Waals surface area contributed by atoms with Gasteiger partial charge >= 0.3 is 5.97 Å². The molecule has 4 aromatic rings. The van der Waals surface area contributed by atoms with E-state index in [1.807, 2.05) is 67.6 Å². The Bertz CT molecular complexity index is 1230. The van der Waals surface area contributed by atoms with Crippen molar-refractivity contribution >= 4 is 21.9 Å². The lowest BCUT2D eigenvalue weighted by atomic mass is 10.0. The van der Waals surface area contributed by atoms with Gasteiger partial charge in [0.05, 0.1) is 5.56 Å². The van der Waals surface area contributed by atoms with Gasteiger partial charge in [0.15, 0.2) is 0 Å². The van der Waals surface area contributed by atoms with E-state index in [0.29, 0.717) is 17.9 Å². The zero-order valence-corrected chi connectivity index (χ0v) is 19.6. The van der Waals surface area contributed by atoms with Crippen LogP contribution in [0.25, 0.3) is 11.1 Å². The molecule has 0 saturated carbocycles. The van der Waals surface area contributed by atoms with Crippen LogP contribution in [-0.2, 0) is 6.61 Å². The minimum atomic E-state index is -0.378. The van der Waals surface area contributed by atoms with E-state index in [9.17, 15) is 4.79 Å². The van der Waals surface area contributed by atoms with Gasteiger partial charge in [0.1, 0.15) is 18.1 Å². The molecule has 0 N–H and O–H groups in total. The lowest BCUT2D eigenvalue weighted by Gasteiger charge is -2.11. The zero-order valence-electron chi connectivity index (χ0n) is 18.0. The molecule has 160 valence electrons. The monoisotopic (exact) mass is 486 g/mol. The number of benzene rings is 4. The molecule has 0 unspecified atom stereocenters. The van der Waals surface area contributed by atoms with E-state index in [4.69, 9.17) is 9.47 Å². The van der Waals surface area contributed by atoms with Crippen molar-refractivity contribution in [1.82, 2.24) is 0 Å². The van der Waals surface area contributed by atoms with E-state index in [0.717, 1.165) is 32.5 Å². The Balaban J connectivity index is 1.39. The van der Waals surface area contributed by atoms with Crippen molar-refractivity contribution in [3.63, 3.8) is 0 Å². The molecule has 0 atom stereocenters. The first kappa shape index (κ1) is 21.8. The molecular formula is C28H23BrO3. The molecule has 0 aliphatic rings. The second-order valence-corrected chi connectivity index (χ2v) is 8.59. The first-order valence-corrected chi connectivity index (χ1v) is 11.1. The van der Waals surface area contributed by atoms with Gasteiger partial charge < -0.3 is 9.47 Å². The SMILES string of the molecule is Cc1cccc(-c2ccc(OC(=O)c3ccc(COc4ccc(Br)cc4)cc3)c(C)c2)c1. The molecule has 0 heterocycles. The maximum absolute atomic E-state index is 12.6. The normalized spacial score (nSPS) is 10.6. The summed E-state index contributed by atoms with van der Waals surface area (Å²) in [4.78, 5) is 12.6. The third kappa shape index (κ3) is 5.45. The van der Waals surface area contributed by atoms with Crippen LogP contribution in [0.5, 0.6) is 11.5 Å². The predicted octanol–water partition coefficient (Wildman–Crippen LogP) is 7.53. The molecule has 0 bridgehead atoms. The standard InChI is InChI=1S/C28H23BrO3/c1-19-4-3-5-23(16-19)24-10-15-27(20(2)17-24)32-28(30)22-8-6-21(7-9-22)18-31-26-13-11-25(29)12-14-26/h3-17H,18H2,1-2H3. The number of rotatable bonds is 6. The van der Waals surface area contributed by atoms with E-state index in [-0.39, 0.29) is 5.97 Å². The Morgan fingerprint density at radius 1 is 0.812 bits per heavy atom. The van der Waals surface area contributed by atoms with E-state index < -0.39 is 0 Å². The number of halogens is 1. The average Bonchev–Trinajstić information content (AvgIpc) is 2.80. The van der Waals surface area contributed by atoms with E-state index >= 15 is 0 Å². The van der Waals surface area contributed by atoms with Crippen molar-refractivity contribution < 1.29 is 14.3 Å². The second kappa shape index (κ2) is 9.84. The Hall–Kier alpha value is -3.37. The van der Waals surface area contributed by atoms with Crippen LogP contribution < -0.4 is 9.47 Å². The summed E-state index contributed by atoms with van der Waals surface area (Å²) in [6.45, 7) is 4.45. The number of hydrogen-bond donors (Lipinski definition) is 0. The number of carbonyl (C=O) groups excluding carboxylic acids is 1. The predicted molar refractivity (Wildman–Crippen MR) is 131 cm³/mol. The summed E-state index contributed by atoms with van der Waals surface area (Å²) in [6.07, 6.45) is 0. The number of carbonyl (C=O) groups is 1. The van der Waals surface area contributed by atoms with Crippen LogP contribution >= 0.6 is 15.9 Å². The third-order valence-corrected chi connectivity index (χ3v) is 5.67. The summed E-state index contributed by atoms with van der Waals surface area (Å²) in [7, 11) is 0. The minimum absolute atomic E-state index is 0.378. The molecule has 0 amide bonds. The molecule has 0 spiro atoms. The molecule has 4 heteroatoms. The quantitative estimate of drug-likeness (QED) is 0.208.